The van der Waals surface area contributed by atoms with Gasteiger partial charge in [-0.15, -0.1) is 6.42 Å². The highest BCUT2D eigenvalue weighted by molar-refractivity contribution is 6.04. The number of anilines is 1. The molecule has 0 radical (unpaired) electrons. The lowest BCUT2D eigenvalue weighted by Crippen LogP contribution is -2.51. The minimum absolute atomic E-state index is 0.0281. The predicted molar refractivity (Wildman–Crippen MR) is 178 cm³/mol. The molecule has 8 rings (SSSR count). The van der Waals surface area contributed by atoms with E-state index in [0.29, 0.717) is 37.0 Å². The smallest absolute Gasteiger partial charge is 0.319 e. The minimum Gasteiger partial charge on any atom is -0.508 e. The fourth-order valence-corrected chi connectivity index (χ4v) is 7.97. The van der Waals surface area contributed by atoms with Crippen LogP contribution in [0.3, 0.4) is 0 Å². The Hall–Kier alpha value is -4.11. The van der Waals surface area contributed by atoms with E-state index in [1.165, 1.54) is 30.3 Å². The van der Waals surface area contributed by atoms with Gasteiger partial charge in [-0.2, -0.15) is 9.97 Å². The number of benzene rings is 3. The largest absolute Gasteiger partial charge is 0.508 e. The quantitative estimate of drug-likeness (QED) is 0.232. The average Bonchev–Trinajstić information content (AvgIpc) is 3.77. The molecule has 4 fully saturated rings. The first kappa shape index (κ1) is 31.2. The molecular weight excluding hydrogens is 619 g/mol. The Morgan fingerprint density at radius 3 is 2.46 bits per heavy atom. The Labute approximate surface area is 277 Å². The standard InChI is InChI=1S/C37H38F3N5O3/c1-3-26-29(38)7-4-21-14-24(46)15-27(31(21)26)32-30(39)16-28-34(33(32)40)42-36(43-35(28)45-17-22-5-6-23(18-45)41-22)48-20-37(10-11-37)19-44-12-8-25(47-2)9-13-44/h1,4,7,14-16,22-23,25,41,46H,5-6,8-13,17-20H2,2H3. The Balaban J connectivity index is 1.21. The molecule has 0 spiro atoms. The van der Waals surface area contributed by atoms with Gasteiger partial charge in [-0.05, 0) is 68.2 Å². The van der Waals surface area contributed by atoms with Gasteiger partial charge in [0.1, 0.15) is 28.7 Å². The first-order chi connectivity index (χ1) is 23.2. The molecule has 1 aromatic heterocycles. The first-order valence-electron chi connectivity index (χ1n) is 16.7. The zero-order valence-corrected chi connectivity index (χ0v) is 26.9. The van der Waals surface area contributed by atoms with Crippen LogP contribution in [0.5, 0.6) is 11.8 Å². The molecule has 8 nitrogen and oxygen atoms in total. The summed E-state index contributed by atoms with van der Waals surface area (Å²) in [4.78, 5) is 13.9. The maximum Gasteiger partial charge on any atom is 0.319 e. The lowest BCUT2D eigenvalue weighted by atomic mass is 9.92. The van der Waals surface area contributed by atoms with Crippen molar-refractivity contribution in [2.45, 2.75) is 56.7 Å². The van der Waals surface area contributed by atoms with Crippen LogP contribution in [-0.2, 0) is 4.74 Å². The van der Waals surface area contributed by atoms with Crippen molar-refractivity contribution in [3.8, 4) is 35.2 Å². The monoisotopic (exact) mass is 657 g/mol. The van der Waals surface area contributed by atoms with E-state index in [2.05, 4.69) is 26.0 Å². The highest BCUT2D eigenvalue weighted by Crippen LogP contribution is 2.47. The maximum atomic E-state index is 16.9. The van der Waals surface area contributed by atoms with Crippen molar-refractivity contribution >= 4 is 27.5 Å². The number of nitrogens with zero attached hydrogens (tertiary/aromatic N) is 4. The molecule has 2 unspecified atom stereocenters. The molecule has 2 atom stereocenters. The number of piperidine rings is 1. The van der Waals surface area contributed by atoms with Gasteiger partial charge >= 0.3 is 6.01 Å². The van der Waals surface area contributed by atoms with Crippen molar-refractivity contribution in [3.05, 3.63) is 53.3 Å². The topological polar surface area (TPSA) is 83.0 Å². The number of likely N-dealkylation sites (tertiary alicyclic amines) is 1. The molecule has 3 aliphatic heterocycles. The van der Waals surface area contributed by atoms with Gasteiger partial charge in [0.05, 0.1) is 23.8 Å². The number of methoxy groups -OCH3 is 1. The summed E-state index contributed by atoms with van der Waals surface area (Å²) in [5.74, 6) is -0.0650. The Morgan fingerprint density at radius 2 is 1.77 bits per heavy atom. The number of aromatic hydroxyl groups is 1. The Kier molecular flexibility index (Phi) is 7.85. The second-order valence-electron chi connectivity index (χ2n) is 14.0. The van der Waals surface area contributed by atoms with Gasteiger partial charge in [0.25, 0.3) is 0 Å². The number of terminal acetylenes is 1. The third kappa shape index (κ3) is 5.59. The molecule has 1 aliphatic carbocycles. The van der Waals surface area contributed by atoms with Gasteiger partial charge in [0.15, 0.2) is 5.82 Å². The van der Waals surface area contributed by atoms with Gasteiger partial charge in [-0.25, -0.2) is 13.2 Å². The van der Waals surface area contributed by atoms with Crippen molar-refractivity contribution in [2.24, 2.45) is 5.41 Å². The SMILES string of the molecule is C#Cc1c(F)ccc2cc(O)cc(-c3c(F)cc4c(N5CC6CCC(C5)N6)nc(OCC5(CN6CCC(OC)CC6)CC5)nc4c3F)c12. The van der Waals surface area contributed by atoms with Gasteiger partial charge in [0, 0.05) is 73.7 Å². The van der Waals surface area contributed by atoms with Crippen LogP contribution in [0.1, 0.15) is 44.1 Å². The summed E-state index contributed by atoms with van der Waals surface area (Å²) in [5, 5.41) is 14.8. The number of ether oxygens (including phenoxy) is 2. The number of hydrogen-bond acceptors (Lipinski definition) is 8. The van der Waals surface area contributed by atoms with E-state index in [9.17, 15) is 9.50 Å². The number of piperazine rings is 1. The van der Waals surface area contributed by atoms with Crippen LogP contribution in [0.25, 0.3) is 32.8 Å². The lowest BCUT2D eigenvalue weighted by molar-refractivity contribution is 0.0313. The molecule has 2 bridgehead atoms. The lowest BCUT2D eigenvalue weighted by Gasteiger charge is -2.34. The number of fused-ring (bicyclic) bond motifs is 4. The van der Waals surface area contributed by atoms with Crippen molar-refractivity contribution in [1.29, 1.82) is 0 Å². The molecule has 3 aromatic carbocycles. The van der Waals surface area contributed by atoms with Gasteiger partial charge in [-0.3, -0.25) is 0 Å². The molecule has 4 aromatic rings. The highest BCUT2D eigenvalue weighted by Gasteiger charge is 2.45. The van der Waals surface area contributed by atoms with Crippen LogP contribution in [0.4, 0.5) is 19.0 Å². The number of nitrogens with one attached hydrogen (secondary N) is 1. The molecule has 2 N–H and O–H groups in total. The molecule has 0 amide bonds. The van der Waals surface area contributed by atoms with Crippen LogP contribution in [-0.4, -0.2) is 84.6 Å². The van der Waals surface area contributed by atoms with Crippen LogP contribution >= 0.6 is 0 Å². The van der Waals surface area contributed by atoms with E-state index >= 15 is 8.78 Å². The minimum atomic E-state index is -0.960. The first-order valence-corrected chi connectivity index (χ1v) is 16.7. The van der Waals surface area contributed by atoms with Crippen LogP contribution in [0.2, 0.25) is 0 Å². The van der Waals surface area contributed by atoms with E-state index in [-0.39, 0.29) is 56.7 Å². The fourth-order valence-electron chi connectivity index (χ4n) is 7.97. The number of phenols is 1. The van der Waals surface area contributed by atoms with E-state index in [1.807, 2.05) is 0 Å². The zero-order valence-electron chi connectivity index (χ0n) is 26.9. The number of rotatable bonds is 8. The van der Waals surface area contributed by atoms with E-state index in [4.69, 9.17) is 20.9 Å². The molecule has 4 heterocycles. The summed E-state index contributed by atoms with van der Waals surface area (Å²) in [6, 6.07) is 6.94. The molecule has 48 heavy (non-hydrogen) atoms. The van der Waals surface area contributed by atoms with Crippen LogP contribution in [0, 0.1) is 35.2 Å². The fraction of sp³-hybridized carbons (Fsp3) is 0.459. The van der Waals surface area contributed by atoms with Crippen molar-refractivity contribution in [1.82, 2.24) is 20.2 Å². The molecule has 250 valence electrons. The third-order valence-electron chi connectivity index (χ3n) is 10.7. The normalized spacial score (nSPS) is 22.4. The molecular formula is C37H38F3N5O3. The average molecular weight is 658 g/mol. The summed E-state index contributed by atoms with van der Waals surface area (Å²) >= 11 is 0. The van der Waals surface area contributed by atoms with Crippen molar-refractivity contribution < 1.29 is 27.8 Å². The van der Waals surface area contributed by atoms with E-state index < -0.39 is 23.0 Å². The van der Waals surface area contributed by atoms with Crippen molar-refractivity contribution in [2.75, 3.05) is 51.3 Å². The molecule has 4 aliphatic rings. The maximum absolute atomic E-state index is 16.9. The summed E-state index contributed by atoms with van der Waals surface area (Å²) in [7, 11) is 1.76. The number of hydrogen-bond donors (Lipinski definition) is 2. The molecule has 1 saturated carbocycles. The second kappa shape index (κ2) is 12.1. The predicted octanol–water partition coefficient (Wildman–Crippen LogP) is 5.76. The summed E-state index contributed by atoms with van der Waals surface area (Å²) in [6.07, 6.45) is 12.0. The van der Waals surface area contributed by atoms with Crippen LogP contribution in [0.15, 0.2) is 30.3 Å². The summed E-state index contributed by atoms with van der Waals surface area (Å²) in [5.41, 5.74) is -0.814. The van der Waals surface area contributed by atoms with Gasteiger partial charge < -0.3 is 29.7 Å². The summed E-state index contributed by atoms with van der Waals surface area (Å²) < 4.78 is 59.9. The third-order valence-corrected chi connectivity index (χ3v) is 10.7. The van der Waals surface area contributed by atoms with E-state index in [0.717, 1.165) is 58.2 Å². The Bertz CT molecular complexity index is 1940. The number of halogens is 3. The van der Waals surface area contributed by atoms with Gasteiger partial charge in [0.2, 0.25) is 0 Å². The molecule has 11 heteroatoms. The zero-order chi connectivity index (χ0) is 33.2. The summed E-state index contributed by atoms with van der Waals surface area (Å²) in [6.45, 7) is 4.49. The number of phenolic OH excluding ortho intramolecular Hbond substituents is 1. The second-order valence-corrected chi connectivity index (χ2v) is 14.0. The van der Waals surface area contributed by atoms with Crippen LogP contribution < -0.4 is 15.0 Å². The Morgan fingerprint density at radius 1 is 1.02 bits per heavy atom. The molecule has 3 saturated heterocycles. The van der Waals surface area contributed by atoms with E-state index in [1.54, 1.807) is 7.11 Å². The highest BCUT2D eigenvalue weighted by atomic mass is 19.1. The van der Waals surface area contributed by atoms with Crippen molar-refractivity contribution in [3.63, 3.8) is 0 Å². The van der Waals surface area contributed by atoms with Gasteiger partial charge in [-0.1, -0.05) is 12.0 Å². The number of aromatic nitrogens is 2.